The number of hydrogen-bond donors (Lipinski definition) is 0. The first-order valence-electron chi connectivity index (χ1n) is 12.7. The van der Waals surface area contributed by atoms with E-state index in [1.165, 1.54) is 6.42 Å². The zero-order valence-electron chi connectivity index (χ0n) is 20.4. The number of benzene rings is 3. The van der Waals surface area contributed by atoms with Gasteiger partial charge in [-0.25, -0.2) is 0 Å². The highest BCUT2D eigenvalue weighted by atomic mass is 16.2. The molecule has 5 heteroatoms. The van der Waals surface area contributed by atoms with Crippen molar-refractivity contribution in [3.05, 3.63) is 96.2 Å². The zero-order chi connectivity index (χ0) is 24.6. The lowest BCUT2D eigenvalue weighted by atomic mass is 10.0. The number of rotatable bonds is 4. The van der Waals surface area contributed by atoms with Gasteiger partial charge in [0, 0.05) is 46.5 Å². The molecule has 1 saturated heterocycles. The average molecular weight is 476 g/mol. The molecule has 2 aliphatic rings. The van der Waals surface area contributed by atoms with Crippen molar-refractivity contribution < 1.29 is 9.59 Å². The SMILES string of the molecule is C[C@@H]1CCCCN1C(=O)Cn1cc(/C=C2/C(=O)N(c3ccccc3)c3ccccc32)c2ccccc21. The molecule has 0 bridgehead atoms. The van der Waals surface area contributed by atoms with Crippen molar-refractivity contribution in [2.75, 3.05) is 11.4 Å². The standard InChI is InChI=1S/C31H29N3O2/c1-22-11-9-10-18-33(22)30(35)21-32-20-23(25-14-5-7-16-28(25)32)19-27-26-15-6-8-17-29(26)34(31(27)36)24-12-3-2-4-13-24/h2-8,12-17,19-20,22H,9-11,18,21H2,1H3/b27-19+/t22-/m1/s1. The van der Waals surface area contributed by atoms with Gasteiger partial charge in [-0.2, -0.15) is 0 Å². The summed E-state index contributed by atoms with van der Waals surface area (Å²) < 4.78 is 2.03. The van der Waals surface area contributed by atoms with E-state index in [0.717, 1.165) is 52.8 Å². The monoisotopic (exact) mass is 475 g/mol. The zero-order valence-corrected chi connectivity index (χ0v) is 20.4. The molecule has 0 aliphatic carbocycles. The molecule has 6 rings (SSSR count). The Morgan fingerprint density at radius 2 is 1.69 bits per heavy atom. The third-order valence-corrected chi connectivity index (χ3v) is 7.43. The van der Waals surface area contributed by atoms with E-state index in [0.29, 0.717) is 12.1 Å². The summed E-state index contributed by atoms with van der Waals surface area (Å²) in [6.07, 6.45) is 7.32. The van der Waals surface area contributed by atoms with Crippen molar-refractivity contribution in [2.45, 2.75) is 38.8 Å². The summed E-state index contributed by atoms with van der Waals surface area (Å²) in [6.45, 7) is 3.27. The number of anilines is 2. The van der Waals surface area contributed by atoms with Crippen molar-refractivity contribution in [2.24, 2.45) is 0 Å². The van der Waals surface area contributed by atoms with Crippen LogP contribution in [0, 0.1) is 0 Å². The number of likely N-dealkylation sites (tertiary alicyclic amines) is 1. The lowest BCUT2D eigenvalue weighted by Gasteiger charge is -2.33. The molecular weight excluding hydrogens is 446 g/mol. The summed E-state index contributed by atoms with van der Waals surface area (Å²) in [6, 6.07) is 26.1. The number of nitrogens with zero attached hydrogens (tertiary/aromatic N) is 3. The summed E-state index contributed by atoms with van der Waals surface area (Å²) >= 11 is 0. The molecule has 0 N–H and O–H groups in total. The van der Waals surface area contributed by atoms with Gasteiger partial charge in [0.05, 0.1) is 11.3 Å². The summed E-state index contributed by atoms with van der Waals surface area (Å²) in [4.78, 5) is 30.7. The highest BCUT2D eigenvalue weighted by Crippen LogP contribution is 2.42. The minimum Gasteiger partial charge on any atom is -0.338 e. The van der Waals surface area contributed by atoms with Gasteiger partial charge in [-0.1, -0.05) is 54.6 Å². The lowest BCUT2D eigenvalue weighted by Crippen LogP contribution is -2.43. The van der Waals surface area contributed by atoms with Crippen LogP contribution >= 0.6 is 0 Å². The van der Waals surface area contributed by atoms with Crippen molar-refractivity contribution in [3.8, 4) is 0 Å². The van der Waals surface area contributed by atoms with Gasteiger partial charge in [0.25, 0.3) is 5.91 Å². The quantitative estimate of drug-likeness (QED) is 0.327. The normalized spacial score (nSPS) is 18.8. The van der Waals surface area contributed by atoms with E-state index in [1.54, 1.807) is 4.90 Å². The van der Waals surface area contributed by atoms with E-state index in [4.69, 9.17) is 0 Å². The fraction of sp³-hybridized carbons (Fsp3) is 0.226. The second-order valence-corrected chi connectivity index (χ2v) is 9.71. The Morgan fingerprint density at radius 3 is 2.53 bits per heavy atom. The van der Waals surface area contributed by atoms with Crippen LogP contribution in [0.4, 0.5) is 11.4 Å². The maximum absolute atomic E-state index is 13.7. The van der Waals surface area contributed by atoms with E-state index in [1.807, 2.05) is 94.5 Å². The first-order valence-corrected chi connectivity index (χ1v) is 12.7. The van der Waals surface area contributed by atoms with Gasteiger partial charge < -0.3 is 9.47 Å². The van der Waals surface area contributed by atoms with Crippen LogP contribution in [-0.4, -0.2) is 33.9 Å². The van der Waals surface area contributed by atoms with Crippen molar-refractivity contribution in [1.82, 2.24) is 9.47 Å². The van der Waals surface area contributed by atoms with Crippen molar-refractivity contribution in [3.63, 3.8) is 0 Å². The van der Waals surface area contributed by atoms with Gasteiger partial charge in [-0.15, -0.1) is 0 Å². The first kappa shape index (κ1) is 22.4. The number of hydrogen-bond acceptors (Lipinski definition) is 2. The fourth-order valence-electron chi connectivity index (χ4n) is 5.60. The Bertz CT molecular complexity index is 1480. The molecule has 1 fully saturated rings. The molecule has 0 spiro atoms. The van der Waals surface area contributed by atoms with Gasteiger partial charge in [0.1, 0.15) is 6.54 Å². The van der Waals surface area contributed by atoms with E-state index >= 15 is 0 Å². The number of aromatic nitrogens is 1. The Kier molecular flexibility index (Phi) is 5.68. The number of fused-ring (bicyclic) bond motifs is 2. The summed E-state index contributed by atoms with van der Waals surface area (Å²) in [5, 5.41) is 1.04. The van der Waals surface area contributed by atoms with Crippen LogP contribution in [0.1, 0.15) is 37.3 Å². The van der Waals surface area contributed by atoms with E-state index in [9.17, 15) is 9.59 Å². The molecule has 5 nitrogen and oxygen atoms in total. The number of piperidine rings is 1. The highest BCUT2D eigenvalue weighted by molar-refractivity contribution is 6.38. The summed E-state index contributed by atoms with van der Waals surface area (Å²) in [5.41, 5.74) is 5.26. The Morgan fingerprint density at radius 1 is 0.944 bits per heavy atom. The van der Waals surface area contributed by atoms with Gasteiger partial charge in [0.15, 0.2) is 0 Å². The van der Waals surface area contributed by atoms with Gasteiger partial charge in [-0.05, 0) is 56.5 Å². The molecule has 2 amide bonds. The van der Waals surface area contributed by atoms with Crippen LogP contribution in [0.15, 0.2) is 85.1 Å². The third-order valence-electron chi connectivity index (χ3n) is 7.43. The van der Waals surface area contributed by atoms with Crippen LogP contribution < -0.4 is 4.90 Å². The Balaban J connectivity index is 1.40. The molecular formula is C31H29N3O2. The largest absolute Gasteiger partial charge is 0.338 e. The first-order chi connectivity index (χ1) is 17.6. The predicted molar refractivity (Wildman–Crippen MR) is 145 cm³/mol. The van der Waals surface area contributed by atoms with Gasteiger partial charge >= 0.3 is 0 Å². The molecule has 0 unspecified atom stereocenters. The summed E-state index contributed by atoms with van der Waals surface area (Å²) in [7, 11) is 0. The van der Waals surface area contributed by atoms with Crippen molar-refractivity contribution >= 4 is 45.7 Å². The second kappa shape index (κ2) is 9.15. The molecule has 4 aromatic rings. The molecule has 180 valence electrons. The predicted octanol–water partition coefficient (Wildman–Crippen LogP) is 6.26. The number of para-hydroxylation sites is 3. The smallest absolute Gasteiger partial charge is 0.263 e. The molecule has 1 aromatic heterocycles. The van der Waals surface area contributed by atoms with Gasteiger partial charge in [-0.3, -0.25) is 14.5 Å². The second-order valence-electron chi connectivity index (χ2n) is 9.71. The minimum absolute atomic E-state index is 0.0440. The fourth-order valence-corrected chi connectivity index (χ4v) is 5.60. The lowest BCUT2D eigenvalue weighted by molar-refractivity contribution is -0.135. The molecule has 0 saturated carbocycles. The van der Waals surface area contributed by atoms with Crippen LogP contribution in [0.5, 0.6) is 0 Å². The Hall–Kier alpha value is -4.12. The molecule has 36 heavy (non-hydrogen) atoms. The Labute approximate surface area is 211 Å². The number of amides is 2. The van der Waals surface area contributed by atoms with Crippen molar-refractivity contribution in [1.29, 1.82) is 0 Å². The average Bonchev–Trinajstić information content (AvgIpc) is 3.39. The maximum atomic E-state index is 13.7. The molecule has 3 heterocycles. The minimum atomic E-state index is -0.0440. The number of carbonyl (C=O) groups excluding carboxylic acids is 2. The van der Waals surface area contributed by atoms with Gasteiger partial charge in [0.2, 0.25) is 5.91 Å². The van der Waals surface area contributed by atoms with Crippen LogP contribution in [0.3, 0.4) is 0 Å². The maximum Gasteiger partial charge on any atom is 0.263 e. The van der Waals surface area contributed by atoms with Crippen LogP contribution in [0.25, 0.3) is 22.6 Å². The third kappa shape index (κ3) is 3.81. The molecule has 1 atom stereocenters. The molecule has 0 radical (unpaired) electrons. The molecule has 3 aromatic carbocycles. The highest BCUT2D eigenvalue weighted by Gasteiger charge is 2.33. The van der Waals surface area contributed by atoms with Crippen LogP contribution in [-0.2, 0) is 16.1 Å². The summed E-state index contributed by atoms with van der Waals surface area (Å²) in [5.74, 6) is 0.108. The van der Waals surface area contributed by atoms with Crippen LogP contribution in [0.2, 0.25) is 0 Å². The topological polar surface area (TPSA) is 45.6 Å². The van der Waals surface area contributed by atoms with E-state index < -0.39 is 0 Å². The van der Waals surface area contributed by atoms with E-state index in [2.05, 4.69) is 13.0 Å². The van der Waals surface area contributed by atoms with E-state index in [-0.39, 0.29) is 17.9 Å². The number of carbonyl (C=O) groups is 2. The molecule has 2 aliphatic heterocycles.